The third kappa shape index (κ3) is 1.17. The monoisotopic (exact) mass is 286 g/mol. The first-order valence-electron chi connectivity index (χ1n) is 5.46. The molecule has 2 fully saturated rings. The van der Waals surface area contributed by atoms with E-state index in [1.54, 1.807) is 0 Å². The van der Waals surface area contributed by atoms with Crippen LogP contribution in [0, 0.1) is 0 Å². The third-order valence-corrected chi connectivity index (χ3v) is 6.45. The van der Waals surface area contributed by atoms with Crippen LogP contribution in [0.4, 0.5) is 0 Å². The van der Waals surface area contributed by atoms with Crippen LogP contribution >= 0.6 is 0 Å². The third-order valence-electron chi connectivity index (χ3n) is 3.78. The SMILES string of the molecule is C[C@]1(n2ccnn2)[C@H](C(=O)O)N2C(=O)C[C@H]2S1(=O)=O. The van der Waals surface area contributed by atoms with Gasteiger partial charge in [-0.1, -0.05) is 5.21 Å². The molecule has 9 nitrogen and oxygen atoms in total. The van der Waals surface area contributed by atoms with Gasteiger partial charge in [-0.3, -0.25) is 4.79 Å². The van der Waals surface area contributed by atoms with Crippen molar-refractivity contribution in [3.05, 3.63) is 12.4 Å². The van der Waals surface area contributed by atoms with E-state index in [2.05, 4.69) is 10.3 Å². The molecular weight excluding hydrogens is 276 g/mol. The van der Waals surface area contributed by atoms with Crippen molar-refractivity contribution in [3.63, 3.8) is 0 Å². The van der Waals surface area contributed by atoms with E-state index in [0.717, 1.165) is 9.58 Å². The van der Waals surface area contributed by atoms with Crippen LogP contribution in [0.2, 0.25) is 0 Å². The molecule has 0 radical (unpaired) electrons. The molecule has 1 aromatic rings. The first kappa shape index (κ1) is 12.1. The van der Waals surface area contributed by atoms with Crippen molar-refractivity contribution in [2.45, 2.75) is 29.6 Å². The molecular formula is C9H10N4O5S. The van der Waals surface area contributed by atoms with Gasteiger partial charge in [0.15, 0.2) is 20.8 Å². The number of β-lactam (4-membered cyclic amide) rings is 1. The lowest BCUT2D eigenvalue weighted by Gasteiger charge is -2.35. The zero-order valence-electron chi connectivity index (χ0n) is 9.79. The number of fused-ring (bicyclic) bond motifs is 1. The lowest BCUT2D eigenvalue weighted by Crippen LogP contribution is -2.57. The van der Waals surface area contributed by atoms with Crippen molar-refractivity contribution in [3.8, 4) is 0 Å². The minimum atomic E-state index is -3.89. The number of aliphatic carboxylic acids is 1. The number of sulfone groups is 1. The number of aromatic nitrogens is 3. The fourth-order valence-corrected chi connectivity index (χ4v) is 5.04. The molecule has 3 rings (SSSR count). The summed E-state index contributed by atoms with van der Waals surface area (Å²) >= 11 is 0. The smallest absolute Gasteiger partial charge is 0.330 e. The summed E-state index contributed by atoms with van der Waals surface area (Å²) in [5, 5.41) is 15.3. The highest BCUT2D eigenvalue weighted by Crippen LogP contribution is 2.48. The number of carbonyl (C=O) groups excluding carboxylic acids is 1. The van der Waals surface area contributed by atoms with Crippen molar-refractivity contribution < 1.29 is 23.1 Å². The van der Waals surface area contributed by atoms with Gasteiger partial charge < -0.3 is 10.0 Å². The van der Waals surface area contributed by atoms with Crippen molar-refractivity contribution in [1.82, 2.24) is 19.9 Å². The average Bonchev–Trinajstić information content (AvgIpc) is 2.88. The normalized spacial score (nSPS) is 35.8. The fourth-order valence-electron chi connectivity index (χ4n) is 2.71. The first-order chi connectivity index (χ1) is 8.81. The van der Waals surface area contributed by atoms with E-state index in [9.17, 15) is 23.1 Å². The molecule has 1 aromatic heterocycles. The molecule has 0 bridgehead atoms. The van der Waals surface area contributed by atoms with E-state index in [0.29, 0.717) is 0 Å². The summed E-state index contributed by atoms with van der Waals surface area (Å²) in [5.74, 6) is -1.86. The van der Waals surface area contributed by atoms with Gasteiger partial charge in [0, 0.05) is 6.20 Å². The van der Waals surface area contributed by atoms with Crippen LogP contribution in [-0.2, 0) is 24.3 Å². The summed E-state index contributed by atoms with van der Waals surface area (Å²) in [6.45, 7) is 1.25. The van der Waals surface area contributed by atoms with Crippen molar-refractivity contribution in [2.24, 2.45) is 0 Å². The van der Waals surface area contributed by atoms with Gasteiger partial charge in [0.1, 0.15) is 5.37 Å². The van der Waals surface area contributed by atoms with E-state index < -0.39 is 38.0 Å². The molecule has 2 aliphatic heterocycles. The number of amides is 1. The molecule has 0 unspecified atom stereocenters. The molecule has 102 valence electrons. The van der Waals surface area contributed by atoms with Crippen molar-refractivity contribution >= 4 is 21.7 Å². The molecule has 0 aromatic carbocycles. The van der Waals surface area contributed by atoms with Gasteiger partial charge in [0.25, 0.3) is 0 Å². The maximum absolute atomic E-state index is 12.5. The molecule has 0 saturated carbocycles. The average molecular weight is 286 g/mol. The first-order valence-corrected chi connectivity index (χ1v) is 7.00. The largest absolute Gasteiger partial charge is 0.480 e. The molecule has 3 atom stereocenters. The maximum atomic E-state index is 12.5. The van der Waals surface area contributed by atoms with Crippen LogP contribution < -0.4 is 0 Å². The maximum Gasteiger partial charge on any atom is 0.330 e. The zero-order valence-corrected chi connectivity index (χ0v) is 10.6. The van der Waals surface area contributed by atoms with E-state index in [4.69, 9.17) is 0 Å². The molecule has 1 N–H and O–H groups in total. The molecule has 2 aliphatic rings. The molecule has 0 spiro atoms. The summed E-state index contributed by atoms with van der Waals surface area (Å²) in [4.78, 5) is 22.0. The number of hydrogen-bond acceptors (Lipinski definition) is 6. The van der Waals surface area contributed by atoms with Crippen LogP contribution in [-0.4, -0.2) is 56.7 Å². The standard InChI is InChI=1S/C9H10N4O5S/c1-9(12-3-2-10-11-12)7(8(15)16)13-5(14)4-6(13)19(9,17)18/h2-3,6-7H,4H2,1H3,(H,15,16)/t6-,7+,9-/m1/s1. The van der Waals surface area contributed by atoms with Crippen LogP contribution in [0.1, 0.15) is 13.3 Å². The van der Waals surface area contributed by atoms with Crippen molar-refractivity contribution in [2.75, 3.05) is 0 Å². The lowest BCUT2D eigenvalue weighted by atomic mass is 10.0. The van der Waals surface area contributed by atoms with Crippen LogP contribution in [0.3, 0.4) is 0 Å². The number of carbonyl (C=O) groups is 2. The molecule has 10 heteroatoms. The highest BCUT2D eigenvalue weighted by atomic mass is 32.2. The second-order valence-corrected chi connectivity index (χ2v) is 7.11. The second-order valence-electron chi connectivity index (χ2n) is 4.65. The summed E-state index contributed by atoms with van der Waals surface area (Å²) in [6.07, 6.45) is 2.36. The Labute approximate surface area is 107 Å². The Morgan fingerprint density at radius 2 is 2.26 bits per heavy atom. The highest BCUT2D eigenvalue weighted by Gasteiger charge is 2.71. The predicted molar refractivity (Wildman–Crippen MR) is 59.3 cm³/mol. The number of carboxylic acids is 1. The summed E-state index contributed by atoms with van der Waals surface area (Å²) in [5.41, 5.74) is 0. The fraction of sp³-hybridized carbons (Fsp3) is 0.556. The molecule has 1 amide bonds. The number of rotatable bonds is 2. The predicted octanol–water partition coefficient (Wildman–Crippen LogP) is -1.61. The van der Waals surface area contributed by atoms with Gasteiger partial charge in [0.2, 0.25) is 5.91 Å². The highest BCUT2D eigenvalue weighted by molar-refractivity contribution is 7.93. The Hall–Kier alpha value is -1.97. The minimum Gasteiger partial charge on any atom is -0.480 e. The zero-order chi connectivity index (χ0) is 14.0. The second kappa shape index (κ2) is 3.32. The topological polar surface area (TPSA) is 122 Å². The Morgan fingerprint density at radius 1 is 1.58 bits per heavy atom. The van der Waals surface area contributed by atoms with Crippen molar-refractivity contribution in [1.29, 1.82) is 0 Å². The van der Waals surface area contributed by atoms with Gasteiger partial charge >= 0.3 is 5.97 Å². The summed E-state index contributed by atoms with van der Waals surface area (Å²) in [7, 11) is -3.89. The van der Waals surface area contributed by atoms with Gasteiger partial charge in [-0.2, -0.15) is 0 Å². The quantitative estimate of drug-likeness (QED) is 0.649. The lowest BCUT2D eigenvalue weighted by molar-refractivity contribution is -0.158. The van der Waals surface area contributed by atoms with E-state index in [-0.39, 0.29) is 6.42 Å². The Bertz CT molecular complexity index is 669. The Balaban J connectivity index is 2.26. The Morgan fingerprint density at radius 3 is 2.74 bits per heavy atom. The minimum absolute atomic E-state index is 0.184. The van der Waals surface area contributed by atoms with Gasteiger partial charge in [-0.05, 0) is 6.92 Å². The summed E-state index contributed by atoms with van der Waals surface area (Å²) < 4.78 is 26.0. The van der Waals surface area contributed by atoms with Crippen LogP contribution in [0.25, 0.3) is 0 Å². The van der Waals surface area contributed by atoms with E-state index >= 15 is 0 Å². The molecule has 19 heavy (non-hydrogen) atoms. The van der Waals surface area contributed by atoms with E-state index in [1.165, 1.54) is 19.3 Å². The van der Waals surface area contributed by atoms with Crippen LogP contribution in [0.15, 0.2) is 12.4 Å². The number of hydrogen-bond donors (Lipinski definition) is 1. The van der Waals surface area contributed by atoms with E-state index in [1.807, 2.05) is 0 Å². The number of carboxylic acid groups (broad SMARTS) is 1. The van der Waals surface area contributed by atoms with Gasteiger partial charge in [-0.15, -0.1) is 5.10 Å². The Kier molecular flexibility index (Phi) is 2.11. The van der Waals surface area contributed by atoms with Gasteiger partial charge in [-0.25, -0.2) is 17.9 Å². The van der Waals surface area contributed by atoms with Gasteiger partial charge in [0.05, 0.1) is 12.6 Å². The van der Waals surface area contributed by atoms with Crippen LogP contribution in [0.5, 0.6) is 0 Å². The number of nitrogens with zero attached hydrogens (tertiary/aromatic N) is 4. The molecule has 2 saturated heterocycles. The molecule has 3 heterocycles. The molecule has 0 aliphatic carbocycles. The summed E-state index contributed by atoms with van der Waals surface area (Å²) in [6, 6.07) is -1.49.